The van der Waals surface area contributed by atoms with Crippen molar-refractivity contribution in [1.29, 1.82) is 0 Å². The summed E-state index contributed by atoms with van der Waals surface area (Å²) < 4.78 is 0. The maximum atomic E-state index is 15.8. The molecule has 4 radical (unpaired) electrons. The van der Waals surface area contributed by atoms with Crippen LogP contribution in [0.3, 0.4) is 0 Å². The Labute approximate surface area is 934 Å². The van der Waals surface area contributed by atoms with Gasteiger partial charge in [-0.2, -0.15) is 0 Å². The van der Waals surface area contributed by atoms with Crippen LogP contribution in [0.2, 0.25) is 0 Å². The number of carbonyl (C=O) groups is 18. The predicted molar refractivity (Wildman–Crippen MR) is 456 cm³/mol. The van der Waals surface area contributed by atoms with Crippen molar-refractivity contribution in [3.63, 3.8) is 0 Å². The van der Waals surface area contributed by atoms with Gasteiger partial charge in [0.1, 0.15) is 0 Å². The first-order chi connectivity index (χ1) is 64.1. The van der Waals surface area contributed by atoms with Crippen molar-refractivity contribution in [3.05, 3.63) is 0 Å². The Balaban J connectivity index is 0.0000101. The second-order valence-electron chi connectivity index (χ2n) is 35.8. The zero-order chi connectivity index (χ0) is 98.5. The maximum absolute atomic E-state index is 15.8. The normalized spacial score (nSPS) is 22.8. The number of hydrogen-bond acceptors (Lipinski definition) is 41. The van der Waals surface area contributed by atoms with Crippen molar-refractivity contribution in [2.45, 2.75) is 12.1 Å². The number of fused-ring (bicyclic) bond motifs is 2. The van der Waals surface area contributed by atoms with Crippen molar-refractivity contribution in [2.75, 3.05) is 393 Å². The van der Waals surface area contributed by atoms with E-state index < -0.39 is 210 Å². The van der Waals surface area contributed by atoms with Crippen LogP contribution in [0.15, 0.2) is 0 Å². The molecule has 7 N–H and O–H groups in total. The molecule has 0 aromatic heterocycles. The largest absolute Gasteiger partial charge is 3.00 e. The van der Waals surface area contributed by atoms with Gasteiger partial charge in [-0.3, -0.25) is 136 Å². The van der Waals surface area contributed by atoms with Gasteiger partial charge in [-0.15, -0.1) is 0 Å². The summed E-state index contributed by atoms with van der Waals surface area (Å²) in [5.74, 6) is -21.2. The van der Waals surface area contributed by atoms with Gasteiger partial charge in [-0.1, -0.05) is 0 Å². The summed E-state index contributed by atoms with van der Waals surface area (Å²) >= 11 is 0. The number of carbonyl (C=O) groups excluding carboxylic acids is 12. The fourth-order valence-electron chi connectivity index (χ4n) is 18.2. The van der Waals surface area contributed by atoms with Gasteiger partial charge >= 0.3 is 196 Å². The fourth-order valence-corrected chi connectivity index (χ4v) is 18.2. The van der Waals surface area contributed by atoms with E-state index in [-0.39, 0.29) is 474 Å². The van der Waals surface area contributed by atoms with Crippen molar-refractivity contribution in [2.24, 2.45) is 11.8 Å². The Hall–Kier alpha value is -4.92. The van der Waals surface area contributed by atoms with E-state index in [1.165, 1.54) is 49.0 Å². The molecule has 8 heterocycles. The molecule has 8 fully saturated rings. The second-order valence-corrected chi connectivity index (χ2v) is 35.8. The van der Waals surface area contributed by atoms with E-state index in [0.717, 1.165) is 0 Å². The first-order valence-corrected chi connectivity index (χ1v) is 45.6. The first kappa shape index (κ1) is 126. The van der Waals surface area contributed by atoms with E-state index in [1.54, 1.807) is 58.8 Å². The molecule has 8 aliphatic rings. The van der Waals surface area contributed by atoms with Gasteiger partial charge < -0.3 is 125 Å². The minimum absolute atomic E-state index is 0. The molecule has 8 aliphatic heterocycles. The van der Waals surface area contributed by atoms with Crippen LogP contribution in [-0.4, -0.2) is 650 Å². The molecule has 2 unspecified atom stereocenters. The Kier molecular flexibility index (Phi) is 59.7. The molecule has 53 nitrogen and oxygen atoms in total. The fraction of sp³-hybridized carbons (Fsp3) is 0.780. The zero-order valence-corrected chi connectivity index (χ0v) is 87.0. The van der Waals surface area contributed by atoms with Gasteiger partial charge in [0.2, 0.25) is 35.4 Å². The summed E-state index contributed by atoms with van der Waals surface area (Å²) in [6, 6.07) is -1.37. The first-order valence-electron chi connectivity index (χ1n) is 45.6. The molecule has 780 valence electrons. The van der Waals surface area contributed by atoms with E-state index in [0.29, 0.717) is 0 Å². The molecule has 139 heavy (non-hydrogen) atoms. The van der Waals surface area contributed by atoms with Crippen molar-refractivity contribution < 1.29 is 307 Å². The van der Waals surface area contributed by atoms with Crippen LogP contribution in [0, 0.1) is 172 Å². The van der Waals surface area contributed by atoms with Gasteiger partial charge in [0.05, 0.1) is 113 Å². The quantitative estimate of drug-likeness (QED) is 0.0315. The molecular formula is C82H131Gd4N23O30+6. The predicted octanol–water partition coefficient (Wildman–Crippen LogP) is -20.5. The topological polar surface area (TPSA) is 650 Å². The molecule has 0 aromatic carbocycles. The molecule has 2 atom stereocenters. The number of aliphatic carboxylic acids is 12. The third kappa shape index (κ3) is 48.5. The van der Waals surface area contributed by atoms with Gasteiger partial charge in [-0.05, 0) is 0 Å². The van der Waals surface area contributed by atoms with Crippen molar-refractivity contribution >= 4 is 107 Å². The molecule has 57 heteroatoms. The molecule has 6 amide bonds. The minimum Gasteiger partial charge on any atom is -0.549 e. The number of rotatable bonds is 34. The second kappa shape index (κ2) is 65.6. The summed E-state index contributed by atoms with van der Waals surface area (Å²) in [6.45, 7) is -8.43. The van der Waals surface area contributed by atoms with Gasteiger partial charge in [0.25, 0.3) is 0 Å². The number of nitrogens with zero attached hydrogens (tertiary/aromatic N) is 22. The third-order valence-corrected chi connectivity index (χ3v) is 25.4. The molecule has 0 aromatic rings. The van der Waals surface area contributed by atoms with E-state index in [4.69, 9.17) is 0 Å². The average molecular weight is 2550 g/mol. The molecule has 0 spiro atoms. The summed E-state index contributed by atoms with van der Waals surface area (Å²) in [7, 11) is 0. The molecule has 8 saturated heterocycles. The van der Waals surface area contributed by atoms with E-state index in [1.807, 2.05) is 0 Å². The van der Waals surface area contributed by atoms with Gasteiger partial charge in [-0.25, -0.2) is 0 Å². The molecular weight excluding hydrogens is 2420 g/mol. The number of nitrogens with one attached hydrogen (secondary N) is 1. The SMILES string of the molecule is O=C([O-])CN1CCN(CC(=O)[O-])CCN(CC(=O)N2CCN(C(=O)CN3CCN(CC(=O)[O-])CCN(CC(=O)O)CCN(CC(=O)O)CC3)CC(C(=O)N3CC4CN(C(=O)C5CN(C(=O)CN6CCN(CC(=O)[O-])CCN(CC(=O)[O-])CCN(CC(=O)O)CC6)CCN(C(=O)CN6CCN(CC(=O)[O-])CCN(CC(=O)O)CCN(CC(=O)O)CC6)C5)CC(C3)N4)C2)CCN(CC(=O)O)CC1.[Gd+3].[Gd+3].[Gd+3].[Gd+3]. The smallest absolute Gasteiger partial charge is 0.549 e. The maximum Gasteiger partial charge on any atom is 3.00 e. The van der Waals surface area contributed by atoms with E-state index in [2.05, 4.69) is 5.32 Å². The standard InChI is InChI=1S/C82H137N23O30.4Gd/c106-65(45-84-1-9-88(49-69(110)111)17-25-96(57-77(126)127)26-18-89(10-2-84)50-70(112)113)100-33-34-101(66(107)46-85-3-11-90(51-71(114)115)19-27-97(58-78(128)129)28-20-91(12-4-85)52-72(116)117)38-61(37-100)81(134)104-41-63-43-105(44-64(42-104)83-63)82(135)62-39-102(67(108)47-86-5-13-92(53-73(118)119)21-29-98(59-79(130)131)30-22-93(14-6-86)54-74(120)121)35-36-103(40-62)68(109)48-87-7-15-94(55-75(122)123)23-31-99(60-80(132)133)32-24-95(16-8-87)56-76(124)125;;;;/h61-64,83H,1-60H2,(H,110,111)(H,112,113)(H,114,115)(H,116,117)(H,118,119)(H,120,121)(H,122,123)(H,124,125)(H,126,127)(H,128,129)(H,130,131)(H,132,133);;;;/q;4*+3/p-6. The van der Waals surface area contributed by atoms with Crippen LogP contribution in [0.25, 0.3) is 0 Å². The van der Waals surface area contributed by atoms with Crippen LogP contribution >= 0.6 is 0 Å². The number of carboxylic acid groups (broad SMARTS) is 12. The monoisotopic (exact) mass is 2550 g/mol. The number of hydrogen-bond donors (Lipinski definition) is 7. The molecule has 0 aliphatic carbocycles. The van der Waals surface area contributed by atoms with Gasteiger partial charge in [0, 0.05) is 339 Å². The molecule has 2 bridgehead atoms. The zero-order valence-electron chi connectivity index (χ0n) is 78.0. The Morgan fingerprint density at radius 2 is 0.302 bits per heavy atom. The Bertz CT molecular complexity index is 3460. The summed E-state index contributed by atoms with van der Waals surface area (Å²) in [4.78, 5) is 272. The summed E-state index contributed by atoms with van der Waals surface area (Å²) in [5, 5.41) is 135. The van der Waals surface area contributed by atoms with Gasteiger partial charge in [0.15, 0.2) is 0 Å². The molecule has 8 rings (SSSR count). The Morgan fingerprint density at radius 1 is 0.180 bits per heavy atom. The number of carboxylic acids is 12. The summed E-state index contributed by atoms with van der Waals surface area (Å²) in [6.07, 6.45) is 0. The number of amides is 6. The molecule has 0 saturated carbocycles. The van der Waals surface area contributed by atoms with Crippen LogP contribution < -0.4 is 36.0 Å². The van der Waals surface area contributed by atoms with E-state index >= 15 is 28.8 Å². The van der Waals surface area contributed by atoms with Crippen LogP contribution in [0.1, 0.15) is 0 Å². The van der Waals surface area contributed by atoms with Crippen LogP contribution in [0.5, 0.6) is 0 Å². The van der Waals surface area contributed by atoms with Crippen LogP contribution in [-0.2, 0) is 86.3 Å². The minimum atomic E-state index is -1.44. The van der Waals surface area contributed by atoms with Crippen molar-refractivity contribution in [1.82, 2.24) is 113 Å². The van der Waals surface area contributed by atoms with Crippen molar-refractivity contribution in [3.8, 4) is 0 Å². The summed E-state index contributed by atoms with van der Waals surface area (Å²) in [5.41, 5.74) is 0. The van der Waals surface area contributed by atoms with E-state index in [9.17, 15) is 119 Å². The van der Waals surface area contributed by atoms with Crippen LogP contribution in [0.4, 0.5) is 0 Å². The number of piperazine rings is 2. The Morgan fingerprint density at radius 3 is 0.424 bits per heavy atom. The third-order valence-electron chi connectivity index (χ3n) is 25.4. The average Bonchev–Trinajstić information content (AvgIpc) is 1.73.